The number of halogens is 2. The van der Waals surface area contributed by atoms with E-state index in [1.165, 1.54) is 25.3 Å². The minimum absolute atomic E-state index is 0.0388. The first-order chi connectivity index (χ1) is 12.1. The molecule has 0 fully saturated rings. The Balaban J connectivity index is 2.24. The number of allylic oxidation sites excluding steroid dienone is 3. The third-order valence-electron chi connectivity index (χ3n) is 4.92. The number of ether oxygens (including phenoxy) is 1. The van der Waals surface area contributed by atoms with Crippen molar-refractivity contribution in [2.24, 2.45) is 5.41 Å². The average molecular weight is 378 g/mol. The van der Waals surface area contributed by atoms with Gasteiger partial charge in [0.2, 0.25) is 0 Å². The van der Waals surface area contributed by atoms with E-state index in [0.717, 1.165) is 5.70 Å². The quantitative estimate of drug-likeness (QED) is 0.782. The number of Topliss-reactive ketones (excluding diaryl/α,β-unsaturated/α-hetero) is 1. The van der Waals surface area contributed by atoms with Crippen LogP contribution in [0.15, 0.2) is 40.7 Å². The first kappa shape index (κ1) is 18.6. The summed E-state index contributed by atoms with van der Waals surface area (Å²) in [6.45, 7) is 5.84. The Morgan fingerprint density at radius 2 is 2.04 bits per heavy atom. The Hall–Kier alpha value is -2.14. The van der Waals surface area contributed by atoms with Crippen LogP contribution in [0.1, 0.15) is 45.1 Å². The smallest absolute Gasteiger partial charge is 0.336 e. The third-order valence-corrected chi connectivity index (χ3v) is 5.25. The Labute approximate surface area is 157 Å². The summed E-state index contributed by atoms with van der Waals surface area (Å²) >= 11 is 6.29. The van der Waals surface area contributed by atoms with Gasteiger partial charge in [0.15, 0.2) is 5.78 Å². The van der Waals surface area contributed by atoms with Crippen LogP contribution in [0.25, 0.3) is 0 Å². The molecule has 1 aromatic rings. The topological polar surface area (TPSA) is 55.4 Å². The van der Waals surface area contributed by atoms with Crippen LogP contribution in [-0.2, 0) is 14.3 Å². The van der Waals surface area contributed by atoms with Gasteiger partial charge in [-0.3, -0.25) is 4.79 Å². The molecule has 1 aromatic carbocycles. The molecule has 26 heavy (non-hydrogen) atoms. The summed E-state index contributed by atoms with van der Waals surface area (Å²) in [4.78, 5) is 25.5. The Bertz CT molecular complexity index is 870. The zero-order valence-corrected chi connectivity index (χ0v) is 16.0. The molecule has 0 unspecified atom stereocenters. The van der Waals surface area contributed by atoms with Crippen LogP contribution in [0, 0.1) is 11.2 Å². The Morgan fingerprint density at radius 3 is 2.65 bits per heavy atom. The van der Waals surface area contributed by atoms with Crippen molar-refractivity contribution in [1.82, 2.24) is 5.32 Å². The molecule has 1 aliphatic carbocycles. The maximum absolute atomic E-state index is 13.5. The highest BCUT2D eigenvalue weighted by Crippen LogP contribution is 2.48. The van der Waals surface area contributed by atoms with E-state index in [-0.39, 0.29) is 16.2 Å². The zero-order chi connectivity index (χ0) is 19.2. The fourth-order valence-corrected chi connectivity index (χ4v) is 4.14. The van der Waals surface area contributed by atoms with Gasteiger partial charge in [-0.15, -0.1) is 0 Å². The first-order valence-corrected chi connectivity index (χ1v) is 8.79. The van der Waals surface area contributed by atoms with Crippen molar-refractivity contribution in [2.45, 2.75) is 39.5 Å². The highest BCUT2D eigenvalue weighted by molar-refractivity contribution is 6.31. The predicted octanol–water partition coefficient (Wildman–Crippen LogP) is 4.26. The van der Waals surface area contributed by atoms with Gasteiger partial charge in [-0.1, -0.05) is 31.5 Å². The Morgan fingerprint density at radius 1 is 1.35 bits per heavy atom. The second kappa shape index (κ2) is 6.54. The minimum Gasteiger partial charge on any atom is -0.466 e. The number of carbonyl (C=O) groups excluding carboxylic acids is 2. The lowest BCUT2D eigenvalue weighted by atomic mass is 9.68. The van der Waals surface area contributed by atoms with Crippen LogP contribution < -0.4 is 5.32 Å². The molecule has 1 aliphatic heterocycles. The third kappa shape index (κ3) is 3.16. The van der Waals surface area contributed by atoms with Crippen LogP contribution >= 0.6 is 11.6 Å². The summed E-state index contributed by atoms with van der Waals surface area (Å²) in [5, 5.41) is 3.40. The van der Waals surface area contributed by atoms with E-state index in [2.05, 4.69) is 5.32 Å². The number of benzene rings is 1. The monoisotopic (exact) mass is 377 g/mol. The summed E-state index contributed by atoms with van der Waals surface area (Å²) in [6, 6.07) is 4.01. The summed E-state index contributed by atoms with van der Waals surface area (Å²) in [6.07, 6.45) is 1.05. The second-order valence-corrected chi connectivity index (χ2v) is 7.99. The second-order valence-electron chi connectivity index (χ2n) is 7.59. The lowest BCUT2D eigenvalue weighted by molar-refractivity contribution is -0.136. The molecule has 6 heteroatoms. The van der Waals surface area contributed by atoms with E-state index in [0.29, 0.717) is 35.2 Å². The summed E-state index contributed by atoms with van der Waals surface area (Å²) in [5.41, 5.74) is 2.60. The van der Waals surface area contributed by atoms with Crippen LogP contribution in [0.2, 0.25) is 5.02 Å². The van der Waals surface area contributed by atoms with Crippen molar-refractivity contribution in [1.29, 1.82) is 0 Å². The summed E-state index contributed by atoms with van der Waals surface area (Å²) in [5.74, 6) is -1.72. The van der Waals surface area contributed by atoms with Gasteiger partial charge in [0.1, 0.15) is 5.82 Å². The highest BCUT2D eigenvalue weighted by Gasteiger charge is 2.43. The lowest BCUT2D eigenvalue weighted by Crippen LogP contribution is -2.38. The molecule has 0 spiro atoms. The number of rotatable bonds is 2. The van der Waals surface area contributed by atoms with Gasteiger partial charge in [0.05, 0.1) is 12.7 Å². The SMILES string of the molecule is COC(=O)C1=C(C)NC2=C(C(=O)CC(C)(C)C2)[C@@H]1c1ccc(F)cc1Cl. The van der Waals surface area contributed by atoms with E-state index >= 15 is 0 Å². The molecule has 0 saturated carbocycles. The molecular weight excluding hydrogens is 357 g/mol. The number of esters is 1. The molecule has 1 heterocycles. The molecule has 0 radical (unpaired) electrons. The maximum Gasteiger partial charge on any atom is 0.336 e. The largest absolute Gasteiger partial charge is 0.466 e. The van der Waals surface area contributed by atoms with Crippen LogP contribution in [0.4, 0.5) is 4.39 Å². The standard InChI is InChI=1S/C20H21ClFNO3/c1-10-16(19(25)26-4)17(12-6-5-11(22)7-13(12)21)18-14(23-10)8-20(2,3)9-15(18)24/h5-7,17,23H,8-9H2,1-4H3/t17-/m1/s1. The number of ketones is 1. The van der Waals surface area contributed by atoms with Crippen molar-refractivity contribution >= 4 is 23.4 Å². The van der Waals surface area contributed by atoms with E-state index in [1.54, 1.807) is 6.92 Å². The molecule has 0 amide bonds. The molecule has 1 atom stereocenters. The van der Waals surface area contributed by atoms with Crippen molar-refractivity contribution in [3.63, 3.8) is 0 Å². The lowest BCUT2D eigenvalue weighted by Gasteiger charge is -2.39. The number of hydrogen-bond acceptors (Lipinski definition) is 4. The van der Waals surface area contributed by atoms with Gasteiger partial charge in [0, 0.05) is 34.3 Å². The van der Waals surface area contributed by atoms with E-state index in [4.69, 9.17) is 16.3 Å². The summed E-state index contributed by atoms with van der Waals surface area (Å²) < 4.78 is 18.5. The van der Waals surface area contributed by atoms with Crippen molar-refractivity contribution in [3.05, 3.63) is 57.1 Å². The first-order valence-electron chi connectivity index (χ1n) is 8.42. The van der Waals surface area contributed by atoms with Gasteiger partial charge in [-0.2, -0.15) is 0 Å². The highest BCUT2D eigenvalue weighted by atomic mass is 35.5. The molecule has 0 saturated heterocycles. The van der Waals surface area contributed by atoms with Gasteiger partial charge in [-0.05, 0) is 36.5 Å². The van der Waals surface area contributed by atoms with Crippen LogP contribution in [-0.4, -0.2) is 18.9 Å². The van der Waals surface area contributed by atoms with Gasteiger partial charge in [-0.25, -0.2) is 9.18 Å². The zero-order valence-electron chi connectivity index (χ0n) is 15.2. The molecular formula is C20H21ClFNO3. The Kier molecular flexibility index (Phi) is 4.69. The predicted molar refractivity (Wildman–Crippen MR) is 97.1 cm³/mol. The molecule has 0 bridgehead atoms. The van der Waals surface area contributed by atoms with Crippen molar-refractivity contribution in [2.75, 3.05) is 7.11 Å². The molecule has 4 nitrogen and oxygen atoms in total. The fraction of sp³-hybridized carbons (Fsp3) is 0.400. The van der Waals surface area contributed by atoms with Crippen molar-refractivity contribution < 1.29 is 18.7 Å². The molecule has 2 aliphatic rings. The molecule has 138 valence electrons. The van der Waals surface area contributed by atoms with E-state index in [1.807, 2.05) is 13.8 Å². The van der Waals surface area contributed by atoms with Crippen molar-refractivity contribution in [3.8, 4) is 0 Å². The number of methoxy groups -OCH3 is 1. The number of nitrogens with one attached hydrogen (secondary N) is 1. The van der Waals surface area contributed by atoms with E-state index in [9.17, 15) is 14.0 Å². The number of hydrogen-bond donors (Lipinski definition) is 1. The van der Waals surface area contributed by atoms with Gasteiger partial charge >= 0.3 is 5.97 Å². The van der Waals surface area contributed by atoms with Crippen LogP contribution in [0.3, 0.4) is 0 Å². The minimum atomic E-state index is -0.671. The van der Waals surface area contributed by atoms with Crippen LogP contribution in [0.5, 0.6) is 0 Å². The maximum atomic E-state index is 13.5. The number of dihydropyridines is 1. The van der Waals surface area contributed by atoms with Gasteiger partial charge < -0.3 is 10.1 Å². The molecule has 3 rings (SSSR count). The van der Waals surface area contributed by atoms with E-state index < -0.39 is 17.7 Å². The summed E-state index contributed by atoms with van der Waals surface area (Å²) in [7, 11) is 1.29. The fourth-order valence-electron chi connectivity index (χ4n) is 3.86. The molecule has 1 N–H and O–H groups in total. The average Bonchev–Trinajstić information content (AvgIpc) is 2.51. The normalized spacial score (nSPS) is 22.1. The number of carbonyl (C=O) groups is 2. The molecule has 0 aromatic heterocycles. The van der Waals surface area contributed by atoms with Gasteiger partial charge in [0.25, 0.3) is 0 Å².